The lowest BCUT2D eigenvalue weighted by molar-refractivity contribution is 0.396. The second kappa shape index (κ2) is 7.32. The predicted molar refractivity (Wildman–Crippen MR) is 101 cm³/mol. The first-order valence-corrected chi connectivity index (χ1v) is 10.3. The molecule has 0 saturated heterocycles. The molecule has 3 heterocycles. The van der Waals surface area contributed by atoms with Crippen molar-refractivity contribution in [3.05, 3.63) is 53.6 Å². The average molecular weight is 391 g/mol. The zero-order valence-corrected chi connectivity index (χ0v) is 17.0. The van der Waals surface area contributed by atoms with E-state index in [9.17, 15) is 8.42 Å². The van der Waals surface area contributed by atoms with Crippen molar-refractivity contribution in [2.24, 2.45) is 7.05 Å². The second-order valence-electron chi connectivity index (χ2n) is 6.96. The molecule has 0 aromatic carbocycles. The molecule has 0 aliphatic rings. The highest BCUT2D eigenvalue weighted by atomic mass is 32.2. The summed E-state index contributed by atoms with van der Waals surface area (Å²) in [5, 5.41) is 4.50. The maximum absolute atomic E-state index is 12.8. The van der Waals surface area contributed by atoms with Crippen LogP contribution in [0, 0.1) is 13.8 Å². The van der Waals surface area contributed by atoms with E-state index in [-0.39, 0.29) is 17.5 Å². The zero-order valence-electron chi connectivity index (χ0n) is 16.2. The minimum atomic E-state index is -3.76. The third-order valence-electron chi connectivity index (χ3n) is 4.36. The molecule has 0 fully saturated rings. The Kier molecular flexibility index (Phi) is 5.25. The first-order valence-electron chi connectivity index (χ1n) is 8.78. The van der Waals surface area contributed by atoms with Gasteiger partial charge in [-0.3, -0.25) is 4.68 Å². The van der Waals surface area contributed by atoms with E-state index in [1.165, 1.54) is 6.20 Å². The van der Waals surface area contributed by atoms with E-state index < -0.39 is 16.1 Å². The summed E-state index contributed by atoms with van der Waals surface area (Å²) >= 11 is 0. The smallest absolute Gasteiger partial charge is 0.259 e. The molecule has 27 heavy (non-hydrogen) atoms. The summed E-state index contributed by atoms with van der Waals surface area (Å²) in [6.45, 7) is 7.88. The minimum Gasteiger partial charge on any atom is -0.467 e. The summed E-state index contributed by atoms with van der Waals surface area (Å²) in [5.41, 5.74) is 1.78. The van der Waals surface area contributed by atoms with E-state index >= 15 is 0 Å². The molecule has 1 N–H and O–H groups in total. The van der Waals surface area contributed by atoms with Crippen LogP contribution in [0.2, 0.25) is 0 Å². The van der Waals surface area contributed by atoms with Crippen molar-refractivity contribution in [2.75, 3.05) is 6.54 Å². The van der Waals surface area contributed by atoms with Crippen LogP contribution >= 0.6 is 0 Å². The van der Waals surface area contributed by atoms with Gasteiger partial charge in [-0.05, 0) is 32.0 Å². The van der Waals surface area contributed by atoms with Crippen molar-refractivity contribution in [1.29, 1.82) is 0 Å². The number of nitrogens with one attached hydrogen (secondary N) is 1. The Hall–Kier alpha value is -2.39. The van der Waals surface area contributed by atoms with Gasteiger partial charge in [-0.15, -0.1) is 0 Å². The Morgan fingerprint density at radius 2 is 2.04 bits per heavy atom. The van der Waals surface area contributed by atoms with Gasteiger partial charge in [0.15, 0.2) is 5.03 Å². The largest absolute Gasteiger partial charge is 0.467 e. The van der Waals surface area contributed by atoms with Gasteiger partial charge in [0.05, 0.1) is 12.0 Å². The molecule has 0 spiro atoms. The first-order chi connectivity index (χ1) is 12.7. The van der Waals surface area contributed by atoms with Gasteiger partial charge in [0.25, 0.3) is 10.0 Å². The van der Waals surface area contributed by atoms with Gasteiger partial charge in [0.1, 0.15) is 17.6 Å². The molecule has 0 saturated carbocycles. The standard InChI is InChI=1S/C18H25N5O3S/c1-12(2)18-20-17(11-22(18)5)27(24,25)19-10-15(16-7-6-8-26-16)23-14(4)9-13(3)21-23/h6-9,11-12,15,19H,10H2,1-5H3. The van der Waals surface area contributed by atoms with Crippen LogP contribution in [-0.2, 0) is 17.1 Å². The number of sulfonamides is 1. The van der Waals surface area contributed by atoms with E-state index in [1.807, 2.05) is 39.8 Å². The number of furan rings is 1. The van der Waals surface area contributed by atoms with E-state index in [1.54, 1.807) is 28.6 Å². The molecular weight excluding hydrogens is 366 g/mol. The van der Waals surface area contributed by atoms with Crippen molar-refractivity contribution in [3.63, 3.8) is 0 Å². The minimum absolute atomic E-state index is 0.0141. The molecule has 1 atom stereocenters. The molecule has 3 rings (SSSR count). The van der Waals surface area contributed by atoms with Crippen molar-refractivity contribution in [1.82, 2.24) is 24.1 Å². The van der Waals surface area contributed by atoms with Gasteiger partial charge in [-0.2, -0.15) is 5.10 Å². The van der Waals surface area contributed by atoms with Gasteiger partial charge < -0.3 is 8.98 Å². The summed E-state index contributed by atoms with van der Waals surface area (Å²) in [5.74, 6) is 1.48. The lowest BCUT2D eigenvalue weighted by Gasteiger charge is -2.17. The summed E-state index contributed by atoms with van der Waals surface area (Å²) in [7, 11) is -1.97. The highest BCUT2D eigenvalue weighted by molar-refractivity contribution is 7.89. The highest BCUT2D eigenvalue weighted by Gasteiger charge is 2.25. The molecule has 9 heteroatoms. The number of nitrogens with zero attached hydrogens (tertiary/aromatic N) is 4. The maximum Gasteiger partial charge on any atom is 0.259 e. The zero-order chi connectivity index (χ0) is 19.8. The Labute approximate surface area is 159 Å². The fourth-order valence-electron chi connectivity index (χ4n) is 3.13. The topological polar surface area (TPSA) is 95.0 Å². The molecule has 0 radical (unpaired) electrons. The Balaban J connectivity index is 1.87. The monoisotopic (exact) mass is 391 g/mol. The van der Waals surface area contributed by atoms with Crippen molar-refractivity contribution in [2.45, 2.75) is 44.7 Å². The Morgan fingerprint density at radius 1 is 1.30 bits per heavy atom. The van der Waals surface area contributed by atoms with Crippen LogP contribution < -0.4 is 4.72 Å². The van der Waals surface area contributed by atoms with Crippen molar-refractivity contribution >= 4 is 10.0 Å². The van der Waals surface area contributed by atoms with E-state index in [4.69, 9.17) is 4.42 Å². The lowest BCUT2D eigenvalue weighted by atomic mass is 10.2. The van der Waals surface area contributed by atoms with Crippen molar-refractivity contribution in [3.8, 4) is 0 Å². The highest BCUT2D eigenvalue weighted by Crippen LogP contribution is 2.22. The van der Waals surface area contributed by atoms with Crippen molar-refractivity contribution < 1.29 is 12.8 Å². The maximum atomic E-state index is 12.8. The van der Waals surface area contributed by atoms with Gasteiger partial charge in [0, 0.05) is 31.4 Å². The molecule has 3 aromatic heterocycles. The molecule has 0 aliphatic carbocycles. The first kappa shape index (κ1) is 19.4. The molecular formula is C18H25N5O3S. The van der Waals surface area contributed by atoms with Crippen LogP contribution in [0.25, 0.3) is 0 Å². The van der Waals surface area contributed by atoms with Crippen LogP contribution in [0.5, 0.6) is 0 Å². The summed E-state index contributed by atoms with van der Waals surface area (Å²) in [6.07, 6.45) is 3.10. The number of rotatable bonds is 7. The van der Waals surface area contributed by atoms with E-state index in [2.05, 4.69) is 14.8 Å². The molecule has 0 amide bonds. The molecule has 3 aromatic rings. The Bertz CT molecular complexity index is 1020. The Morgan fingerprint density at radius 3 is 2.56 bits per heavy atom. The third-order valence-corrected chi connectivity index (χ3v) is 5.65. The molecule has 0 bridgehead atoms. The number of imidazole rings is 1. The number of hydrogen-bond donors (Lipinski definition) is 1. The summed E-state index contributed by atoms with van der Waals surface area (Å²) < 4.78 is 37.2. The quantitative estimate of drug-likeness (QED) is 0.668. The molecule has 1 unspecified atom stereocenters. The van der Waals surface area contributed by atoms with Crippen LogP contribution in [-0.4, -0.2) is 34.3 Å². The SMILES string of the molecule is Cc1cc(C)n(C(CNS(=O)(=O)c2cn(C)c(C(C)C)n2)c2ccco2)n1. The number of aromatic nitrogens is 4. The number of aryl methyl sites for hydroxylation is 3. The molecule has 146 valence electrons. The van der Waals surface area contributed by atoms with Gasteiger partial charge in [-0.25, -0.2) is 18.1 Å². The summed E-state index contributed by atoms with van der Waals surface area (Å²) in [6, 6.07) is 5.14. The fourth-order valence-corrected chi connectivity index (χ4v) is 4.17. The lowest BCUT2D eigenvalue weighted by Crippen LogP contribution is -2.32. The van der Waals surface area contributed by atoms with E-state index in [0.717, 1.165) is 17.2 Å². The van der Waals surface area contributed by atoms with Crippen LogP contribution in [0.15, 0.2) is 40.1 Å². The predicted octanol–water partition coefficient (Wildman–Crippen LogP) is 2.52. The molecule has 0 aliphatic heterocycles. The van der Waals surface area contributed by atoms with Crippen LogP contribution in [0.3, 0.4) is 0 Å². The van der Waals surface area contributed by atoms with Gasteiger partial charge in [-0.1, -0.05) is 13.8 Å². The van der Waals surface area contributed by atoms with Crippen LogP contribution in [0.1, 0.15) is 48.8 Å². The molecule has 8 nitrogen and oxygen atoms in total. The normalized spacial score (nSPS) is 13.4. The fraction of sp³-hybridized carbons (Fsp3) is 0.444. The number of hydrogen-bond acceptors (Lipinski definition) is 5. The second-order valence-corrected chi connectivity index (χ2v) is 8.67. The average Bonchev–Trinajstić information content (AvgIpc) is 3.29. The van der Waals surface area contributed by atoms with Gasteiger partial charge >= 0.3 is 0 Å². The van der Waals surface area contributed by atoms with E-state index in [0.29, 0.717) is 5.76 Å². The third kappa shape index (κ3) is 3.98. The summed E-state index contributed by atoms with van der Waals surface area (Å²) in [4.78, 5) is 4.28. The van der Waals surface area contributed by atoms with Gasteiger partial charge in [0.2, 0.25) is 0 Å². The van der Waals surface area contributed by atoms with Crippen LogP contribution in [0.4, 0.5) is 0 Å².